The number of guanidine groups is 1. The number of nitrogens with one attached hydrogen (secondary N) is 1. The lowest BCUT2D eigenvalue weighted by Gasteiger charge is -2.32. The Balaban J connectivity index is 0.00000200. The van der Waals surface area contributed by atoms with E-state index in [1.165, 1.54) is 0 Å². The molecule has 118 valence electrons. The Labute approximate surface area is 137 Å². The van der Waals surface area contributed by atoms with Crippen molar-refractivity contribution >= 4 is 29.9 Å². The molecule has 6 nitrogen and oxygen atoms in total. The molecule has 0 aliphatic carbocycles. The third-order valence-corrected chi connectivity index (χ3v) is 3.81. The Morgan fingerprint density at radius 3 is 2.75 bits per heavy atom. The van der Waals surface area contributed by atoms with Gasteiger partial charge in [0.1, 0.15) is 0 Å². The molecular weight excluding hydrogens is 373 g/mol. The molecule has 1 unspecified atom stereocenters. The molecule has 2 rings (SSSR count). The van der Waals surface area contributed by atoms with E-state index in [1.54, 1.807) is 0 Å². The predicted molar refractivity (Wildman–Crippen MR) is 88.5 cm³/mol. The molecule has 2 aliphatic heterocycles. The van der Waals surface area contributed by atoms with Crippen LogP contribution in [0, 0.1) is 0 Å². The highest BCUT2D eigenvalue weighted by Crippen LogP contribution is 2.23. The van der Waals surface area contributed by atoms with Crippen molar-refractivity contribution in [3.05, 3.63) is 0 Å². The molecular formula is C13H26IN3O3. The first-order valence-corrected chi connectivity index (χ1v) is 7.13. The maximum atomic E-state index is 10.3. The smallest absolute Gasteiger partial charge is 0.188 e. The van der Waals surface area contributed by atoms with Gasteiger partial charge in [-0.25, -0.2) is 0 Å². The first-order valence-electron chi connectivity index (χ1n) is 7.13. The van der Waals surface area contributed by atoms with Crippen molar-refractivity contribution in [1.82, 2.24) is 5.32 Å². The first-order chi connectivity index (χ1) is 9.18. The minimum absolute atomic E-state index is 0. The molecule has 7 heteroatoms. The van der Waals surface area contributed by atoms with Gasteiger partial charge >= 0.3 is 0 Å². The van der Waals surface area contributed by atoms with Gasteiger partial charge in [-0.2, -0.15) is 0 Å². The quantitative estimate of drug-likeness (QED) is 0.358. The van der Waals surface area contributed by atoms with Crippen LogP contribution in [-0.4, -0.2) is 55.7 Å². The van der Waals surface area contributed by atoms with E-state index in [-0.39, 0.29) is 30.1 Å². The van der Waals surface area contributed by atoms with Gasteiger partial charge in [0.2, 0.25) is 0 Å². The van der Waals surface area contributed by atoms with Crippen LogP contribution in [0.15, 0.2) is 4.99 Å². The Morgan fingerprint density at radius 1 is 1.35 bits per heavy atom. The van der Waals surface area contributed by atoms with Gasteiger partial charge in [-0.15, -0.1) is 24.0 Å². The highest BCUT2D eigenvalue weighted by atomic mass is 127. The average molecular weight is 399 g/mol. The van der Waals surface area contributed by atoms with Gasteiger partial charge in [0.25, 0.3) is 0 Å². The fraction of sp³-hybridized carbons (Fsp3) is 0.923. The number of hydrogen-bond acceptors (Lipinski definition) is 4. The van der Waals surface area contributed by atoms with Crippen LogP contribution in [0.2, 0.25) is 0 Å². The second-order valence-electron chi connectivity index (χ2n) is 5.37. The molecule has 0 bridgehead atoms. The molecule has 2 heterocycles. The van der Waals surface area contributed by atoms with Crippen LogP contribution in [0.25, 0.3) is 0 Å². The summed E-state index contributed by atoms with van der Waals surface area (Å²) >= 11 is 0. The predicted octanol–water partition coefficient (Wildman–Crippen LogP) is 0.619. The van der Waals surface area contributed by atoms with Crippen molar-refractivity contribution in [2.24, 2.45) is 10.7 Å². The standard InChI is InChI=1S/C13H25N3O3.HI/c14-12(16-10-11-2-1-7-19-11)15-6-3-13(17)4-8-18-9-5-13;/h11,17H,1-10H2,(H3,14,15,16);1H. The summed E-state index contributed by atoms with van der Waals surface area (Å²) < 4.78 is 10.7. The molecule has 0 amide bonds. The van der Waals surface area contributed by atoms with Gasteiger partial charge in [0, 0.05) is 26.4 Å². The third kappa shape index (κ3) is 6.11. The molecule has 20 heavy (non-hydrogen) atoms. The number of rotatable bonds is 5. The molecule has 2 aliphatic rings. The zero-order chi connectivity index (χ0) is 13.6. The van der Waals surface area contributed by atoms with Gasteiger partial charge in [-0.05, 0) is 32.1 Å². The van der Waals surface area contributed by atoms with Crippen LogP contribution < -0.4 is 11.1 Å². The van der Waals surface area contributed by atoms with Gasteiger partial charge in [0.15, 0.2) is 5.96 Å². The molecule has 0 aromatic carbocycles. The highest BCUT2D eigenvalue weighted by molar-refractivity contribution is 14.0. The average Bonchev–Trinajstić information content (AvgIpc) is 2.90. The summed E-state index contributed by atoms with van der Waals surface area (Å²) in [6.07, 6.45) is 4.47. The lowest BCUT2D eigenvalue weighted by Crippen LogP contribution is -2.41. The largest absolute Gasteiger partial charge is 0.390 e. The number of ether oxygens (including phenoxy) is 2. The molecule has 0 saturated carbocycles. The normalized spacial score (nSPS) is 26.1. The van der Waals surface area contributed by atoms with Crippen molar-refractivity contribution in [2.75, 3.05) is 32.9 Å². The number of nitrogens with two attached hydrogens (primary N) is 1. The van der Waals surface area contributed by atoms with E-state index in [2.05, 4.69) is 10.3 Å². The maximum absolute atomic E-state index is 10.3. The number of nitrogens with zero attached hydrogens (tertiary/aromatic N) is 1. The fourth-order valence-electron chi connectivity index (χ4n) is 2.47. The Hall–Kier alpha value is -0.120. The number of aliphatic imine (C=N–C) groups is 1. The molecule has 1 atom stereocenters. The van der Waals surface area contributed by atoms with Crippen LogP contribution in [-0.2, 0) is 9.47 Å². The summed E-state index contributed by atoms with van der Waals surface area (Å²) in [5.74, 6) is 0.436. The number of hydrogen-bond donors (Lipinski definition) is 3. The van der Waals surface area contributed by atoms with E-state index in [4.69, 9.17) is 15.2 Å². The van der Waals surface area contributed by atoms with E-state index in [1.807, 2.05) is 0 Å². The summed E-state index contributed by atoms with van der Waals surface area (Å²) in [7, 11) is 0. The Morgan fingerprint density at radius 2 is 2.10 bits per heavy atom. The van der Waals surface area contributed by atoms with Gasteiger partial charge in [-0.3, -0.25) is 4.99 Å². The molecule has 4 N–H and O–H groups in total. The second-order valence-corrected chi connectivity index (χ2v) is 5.37. The first kappa shape index (κ1) is 17.9. The highest BCUT2D eigenvalue weighted by Gasteiger charge is 2.29. The fourth-order valence-corrected chi connectivity index (χ4v) is 2.47. The van der Waals surface area contributed by atoms with Gasteiger partial charge in [-0.1, -0.05) is 0 Å². The van der Waals surface area contributed by atoms with Crippen molar-refractivity contribution < 1.29 is 14.6 Å². The molecule has 0 spiro atoms. The molecule has 0 radical (unpaired) electrons. The Bertz CT molecular complexity index is 303. The van der Waals surface area contributed by atoms with Crippen LogP contribution in [0.4, 0.5) is 0 Å². The van der Waals surface area contributed by atoms with E-state index < -0.39 is 5.60 Å². The van der Waals surface area contributed by atoms with Crippen LogP contribution in [0.3, 0.4) is 0 Å². The number of halogens is 1. The second kappa shape index (κ2) is 9.01. The van der Waals surface area contributed by atoms with Crippen LogP contribution >= 0.6 is 24.0 Å². The van der Waals surface area contributed by atoms with Crippen molar-refractivity contribution in [3.63, 3.8) is 0 Å². The van der Waals surface area contributed by atoms with Gasteiger partial charge < -0.3 is 25.6 Å². The van der Waals surface area contributed by atoms with E-state index in [9.17, 15) is 5.11 Å². The van der Waals surface area contributed by atoms with E-state index in [0.717, 1.165) is 19.4 Å². The summed E-state index contributed by atoms with van der Waals surface area (Å²) in [5.41, 5.74) is 5.18. The van der Waals surface area contributed by atoms with Crippen molar-refractivity contribution in [3.8, 4) is 0 Å². The summed E-state index contributed by atoms with van der Waals surface area (Å²) in [6.45, 7) is 3.37. The monoisotopic (exact) mass is 399 g/mol. The minimum Gasteiger partial charge on any atom is -0.390 e. The summed E-state index contributed by atoms with van der Waals surface area (Å²) in [5, 5.41) is 13.3. The zero-order valence-electron chi connectivity index (χ0n) is 11.8. The SMILES string of the molecule is I.NC(=NCC1CCCO1)NCCC1(O)CCOCC1. The number of aliphatic hydroxyl groups is 1. The molecule has 2 saturated heterocycles. The lowest BCUT2D eigenvalue weighted by atomic mass is 9.91. The minimum atomic E-state index is -0.611. The van der Waals surface area contributed by atoms with Crippen LogP contribution in [0.5, 0.6) is 0 Å². The third-order valence-electron chi connectivity index (χ3n) is 3.81. The van der Waals surface area contributed by atoms with Crippen molar-refractivity contribution in [2.45, 2.75) is 43.8 Å². The van der Waals surface area contributed by atoms with E-state index >= 15 is 0 Å². The molecule has 0 aromatic heterocycles. The lowest BCUT2D eigenvalue weighted by molar-refractivity contribution is -0.0668. The van der Waals surface area contributed by atoms with Gasteiger partial charge in [0.05, 0.1) is 18.2 Å². The summed E-state index contributed by atoms with van der Waals surface area (Å²) in [6, 6.07) is 0. The molecule has 0 aromatic rings. The van der Waals surface area contributed by atoms with Crippen molar-refractivity contribution in [1.29, 1.82) is 0 Å². The van der Waals surface area contributed by atoms with Crippen LogP contribution in [0.1, 0.15) is 32.1 Å². The summed E-state index contributed by atoms with van der Waals surface area (Å²) in [4.78, 5) is 4.26. The zero-order valence-corrected chi connectivity index (χ0v) is 14.2. The topological polar surface area (TPSA) is 89.1 Å². The van der Waals surface area contributed by atoms with E-state index in [0.29, 0.717) is 51.5 Å². The maximum Gasteiger partial charge on any atom is 0.188 e. The Kier molecular flexibility index (Phi) is 8.08. The molecule has 2 fully saturated rings.